The molecular formula is C37H38BrF4N7O3. The highest BCUT2D eigenvalue weighted by molar-refractivity contribution is 9.10. The Kier molecular flexibility index (Phi) is 11.9. The van der Waals surface area contributed by atoms with E-state index in [1.807, 2.05) is 29.2 Å². The number of aromatic nitrogens is 4. The third kappa shape index (κ3) is 8.65. The third-order valence-electron chi connectivity index (χ3n) is 8.80. The predicted octanol–water partition coefficient (Wildman–Crippen LogP) is 7.59. The Balaban J connectivity index is 0.000000396. The molecule has 1 aliphatic rings. The summed E-state index contributed by atoms with van der Waals surface area (Å²) in [4.78, 5) is 24.1. The number of unbranched alkanes of at least 4 members (excludes halogenated alkanes) is 1. The molecule has 274 valence electrons. The monoisotopic (exact) mass is 783 g/mol. The summed E-state index contributed by atoms with van der Waals surface area (Å²) >= 11 is 3.40. The van der Waals surface area contributed by atoms with E-state index in [4.69, 9.17) is 10.5 Å². The minimum absolute atomic E-state index is 0.0448. The van der Waals surface area contributed by atoms with Crippen LogP contribution >= 0.6 is 15.9 Å². The van der Waals surface area contributed by atoms with Crippen LogP contribution in [0.5, 0.6) is 5.75 Å². The Hall–Kier alpha value is -4.73. The van der Waals surface area contributed by atoms with E-state index >= 15 is 0 Å². The number of ether oxygens (including phenoxy) is 2. The van der Waals surface area contributed by atoms with E-state index in [-0.39, 0.29) is 19.1 Å². The number of carbonyl (C=O) groups excluding carboxylic acids is 1. The molecule has 0 radical (unpaired) electrons. The van der Waals surface area contributed by atoms with Gasteiger partial charge in [-0.25, -0.2) is 13.8 Å². The van der Waals surface area contributed by atoms with Crippen LogP contribution in [0.4, 0.5) is 29.1 Å². The Morgan fingerprint density at radius 2 is 1.71 bits per heavy atom. The predicted molar refractivity (Wildman–Crippen MR) is 196 cm³/mol. The van der Waals surface area contributed by atoms with Crippen LogP contribution in [0.2, 0.25) is 0 Å². The minimum Gasteiger partial charge on any atom is -0.420 e. The average Bonchev–Trinajstić information content (AvgIpc) is 3.80. The Morgan fingerprint density at radius 3 is 2.46 bits per heavy atom. The molecule has 3 aromatic carbocycles. The summed E-state index contributed by atoms with van der Waals surface area (Å²) in [6, 6.07) is 14.5. The fraction of sp³-hybridized carbons (Fsp3) is 0.324. The molecular weight excluding hydrogens is 746 g/mol. The van der Waals surface area contributed by atoms with Crippen molar-refractivity contribution in [2.24, 2.45) is 0 Å². The van der Waals surface area contributed by atoms with E-state index in [0.29, 0.717) is 19.0 Å². The van der Waals surface area contributed by atoms with E-state index in [0.717, 1.165) is 77.5 Å². The zero-order valence-corrected chi connectivity index (χ0v) is 30.1. The van der Waals surface area contributed by atoms with Crippen molar-refractivity contribution in [2.45, 2.75) is 32.7 Å². The smallest absolute Gasteiger partial charge is 0.313 e. The van der Waals surface area contributed by atoms with E-state index in [9.17, 15) is 22.4 Å². The van der Waals surface area contributed by atoms with Gasteiger partial charge in [0.15, 0.2) is 17.5 Å². The van der Waals surface area contributed by atoms with Crippen molar-refractivity contribution in [3.05, 3.63) is 88.7 Å². The molecule has 0 spiro atoms. The number of hydrogen-bond donors (Lipinski definition) is 2. The van der Waals surface area contributed by atoms with Gasteiger partial charge >= 0.3 is 5.97 Å². The summed E-state index contributed by atoms with van der Waals surface area (Å²) in [6.45, 7) is 7.07. The fourth-order valence-corrected chi connectivity index (χ4v) is 6.35. The highest BCUT2D eigenvalue weighted by atomic mass is 79.9. The molecule has 1 aliphatic heterocycles. The van der Waals surface area contributed by atoms with Crippen LogP contribution in [0.3, 0.4) is 0 Å². The molecule has 0 atom stereocenters. The summed E-state index contributed by atoms with van der Waals surface area (Å²) in [6.07, 6.45) is 5.76. The SMILES string of the molecule is Brc1ccc2[nH]ccc2c1.CCCCn1cc2c(n1)c(N)nc1ccc(N3CCN(CCOCCC(=O)Oc4c(F)c(F)cc(F)c4F)CC3)cc12. The molecule has 1 fully saturated rings. The number of rotatable bonds is 11. The number of hydrogen-bond acceptors (Lipinski definition) is 8. The van der Waals surface area contributed by atoms with Crippen molar-refractivity contribution in [3.8, 4) is 5.75 Å². The van der Waals surface area contributed by atoms with Gasteiger partial charge in [-0.05, 0) is 48.9 Å². The molecule has 0 aliphatic carbocycles. The molecule has 1 saturated heterocycles. The van der Waals surface area contributed by atoms with Crippen molar-refractivity contribution in [1.29, 1.82) is 0 Å². The molecule has 0 amide bonds. The quantitative estimate of drug-likeness (QED) is 0.0455. The van der Waals surface area contributed by atoms with E-state index in [1.54, 1.807) is 0 Å². The first-order chi connectivity index (χ1) is 25.1. The second-order valence-corrected chi connectivity index (χ2v) is 13.3. The van der Waals surface area contributed by atoms with Gasteiger partial charge in [-0.2, -0.15) is 13.9 Å². The number of nitrogens with one attached hydrogen (secondary N) is 1. The van der Waals surface area contributed by atoms with Crippen LogP contribution in [-0.4, -0.2) is 76.6 Å². The van der Waals surface area contributed by atoms with Crippen molar-refractivity contribution in [3.63, 3.8) is 0 Å². The number of nitrogen functional groups attached to an aromatic ring is 1. The number of fused-ring (bicyclic) bond motifs is 4. The van der Waals surface area contributed by atoms with Crippen LogP contribution in [-0.2, 0) is 16.1 Å². The number of nitrogens with two attached hydrogens (primary N) is 1. The van der Waals surface area contributed by atoms with Gasteiger partial charge in [0.2, 0.25) is 17.4 Å². The van der Waals surface area contributed by atoms with E-state index in [1.165, 1.54) is 10.9 Å². The zero-order valence-electron chi connectivity index (χ0n) is 28.5. The maximum atomic E-state index is 13.7. The summed E-state index contributed by atoms with van der Waals surface area (Å²) in [5, 5.41) is 7.90. The lowest BCUT2D eigenvalue weighted by Crippen LogP contribution is -2.47. The number of aromatic amines is 1. The molecule has 3 N–H and O–H groups in total. The van der Waals surface area contributed by atoms with Crippen LogP contribution in [0, 0.1) is 23.3 Å². The molecule has 0 unspecified atom stereocenters. The van der Waals surface area contributed by atoms with Gasteiger partial charge in [-0.15, -0.1) is 0 Å². The van der Waals surface area contributed by atoms with Crippen molar-refractivity contribution >= 4 is 66.1 Å². The Morgan fingerprint density at radius 1 is 0.942 bits per heavy atom. The molecule has 0 saturated carbocycles. The van der Waals surface area contributed by atoms with Crippen molar-refractivity contribution in [2.75, 3.05) is 56.6 Å². The van der Waals surface area contributed by atoms with Crippen LogP contribution in [0.15, 0.2) is 65.4 Å². The number of halogens is 5. The molecule has 52 heavy (non-hydrogen) atoms. The van der Waals surface area contributed by atoms with Crippen LogP contribution < -0.4 is 15.4 Å². The van der Waals surface area contributed by atoms with Gasteiger partial charge in [0.25, 0.3) is 0 Å². The number of H-pyrrole nitrogens is 1. The molecule has 7 rings (SSSR count). The molecule has 6 aromatic rings. The molecule has 4 heterocycles. The van der Waals surface area contributed by atoms with Gasteiger partial charge < -0.3 is 25.1 Å². The number of nitrogens with zero attached hydrogens (tertiary/aromatic N) is 5. The summed E-state index contributed by atoms with van der Waals surface area (Å²) in [7, 11) is 0. The lowest BCUT2D eigenvalue weighted by molar-refractivity contribution is -0.136. The highest BCUT2D eigenvalue weighted by Gasteiger charge is 2.23. The molecule has 10 nitrogen and oxygen atoms in total. The number of esters is 1. The Bertz CT molecular complexity index is 2160. The van der Waals surface area contributed by atoms with Gasteiger partial charge in [0, 0.05) is 89.6 Å². The lowest BCUT2D eigenvalue weighted by atomic mass is 10.1. The van der Waals surface area contributed by atoms with E-state index in [2.05, 4.69) is 82.8 Å². The lowest BCUT2D eigenvalue weighted by Gasteiger charge is -2.36. The number of pyridine rings is 1. The first kappa shape index (κ1) is 37.0. The number of anilines is 2. The molecule has 0 bridgehead atoms. The summed E-state index contributed by atoms with van der Waals surface area (Å²) in [5.74, 6) is -8.86. The topological polar surface area (TPSA) is 115 Å². The molecule has 3 aromatic heterocycles. The number of piperazine rings is 1. The summed E-state index contributed by atoms with van der Waals surface area (Å²) in [5.41, 5.74) is 10.0. The van der Waals surface area contributed by atoms with Gasteiger partial charge in [0.05, 0.1) is 25.2 Å². The van der Waals surface area contributed by atoms with Crippen LogP contribution in [0.25, 0.3) is 32.7 Å². The minimum atomic E-state index is -1.76. The van der Waals surface area contributed by atoms with Gasteiger partial charge in [0.1, 0.15) is 5.52 Å². The van der Waals surface area contributed by atoms with Crippen molar-refractivity contribution in [1.82, 2.24) is 24.6 Å². The standard InChI is InChI=1S/C29H32F4N6O3.C8H6BrN/c1-2-3-7-39-17-20-19-15-18(4-5-23(19)35-29(34)27(20)36-39)38-10-8-37(9-11-38)12-14-41-13-6-24(40)42-28-25(32)21(30)16-22(31)26(28)33;9-7-1-2-8-6(5-7)3-4-10-8/h4-5,15-17H,2-3,6-14H2,1H3,(H2,34,35);1-5,10H. The second-order valence-electron chi connectivity index (χ2n) is 12.4. The van der Waals surface area contributed by atoms with Crippen molar-refractivity contribution < 1.29 is 31.8 Å². The zero-order chi connectivity index (χ0) is 36.8. The average molecular weight is 785 g/mol. The number of aryl methyl sites for hydroxylation is 1. The van der Waals surface area contributed by atoms with Gasteiger partial charge in [-0.3, -0.25) is 14.4 Å². The third-order valence-corrected chi connectivity index (χ3v) is 9.29. The normalized spacial score (nSPS) is 13.5. The maximum Gasteiger partial charge on any atom is 0.313 e. The second kappa shape index (κ2) is 16.7. The van der Waals surface area contributed by atoms with Crippen LogP contribution in [0.1, 0.15) is 26.2 Å². The van der Waals surface area contributed by atoms with E-state index < -0.39 is 35.0 Å². The first-order valence-corrected chi connectivity index (χ1v) is 17.8. The number of carbonyl (C=O) groups is 1. The number of benzene rings is 3. The van der Waals surface area contributed by atoms with Gasteiger partial charge in [-0.1, -0.05) is 29.3 Å². The first-order valence-electron chi connectivity index (χ1n) is 17.0. The fourth-order valence-electron chi connectivity index (χ4n) is 5.97. The maximum absolute atomic E-state index is 13.7. The highest BCUT2D eigenvalue weighted by Crippen LogP contribution is 2.31. The summed E-state index contributed by atoms with van der Waals surface area (Å²) < 4.78 is 66.9. The Labute approximate surface area is 305 Å². The molecule has 15 heteroatoms. The largest absolute Gasteiger partial charge is 0.420 e.